The van der Waals surface area contributed by atoms with E-state index in [-0.39, 0.29) is 25.7 Å². The van der Waals surface area contributed by atoms with E-state index in [2.05, 4.69) is 44.3 Å². The van der Waals surface area contributed by atoms with Crippen molar-refractivity contribution in [3.8, 4) is 0 Å². The first-order valence-electron chi connectivity index (χ1n) is 10.8. The molecule has 12 nitrogen and oxygen atoms in total. The molecular formula is C23H26N6O6S. The zero-order valence-electron chi connectivity index (χ0n) is 19.7. The number of hydrogen-bond acceptors (Lipinski definition) is 6. The molecule has 1 aliphatic carbocycles. The Hall–Kier alpha value is -4.06. The van der Waals surface area contributed by atoms with Gasteiger partial charge in [-0.05, 0) is 40.3 Å². The second kappa shape index (κ2) is 11.1. The summed E-state index contributed by atoms with van der Waals surface area (Å²) in [6, 6.07) is 6.48. The molecule has 1 atom stereocenters. The molecular weight excluding hydrogens is 488 g/mol. The molecule has 13 heteroatoms. The molecule has 2 heterocycles. The van der Waals surface area contributed by atoms with Gasteiger partial charge in [0.2, 0.25) is 10.0 Å². The van der Waals surface area contributed by atoms with Crippen molar-refractivity contribution in [2.75, 3.05) is 32.9 Å². The van der Waals surface area contributed by atoms with Gasteiger partial charge in [0.25, 0.3) is 0 Å². The maximum absolute atomic E-state index is 12.2. The van der Waals surface area contributed by atoms with E-state index in [1.54, 1.807) is 0 Å². The normalized spacial score (nSPS) is 16.5. The second-order valence-corrected chi connectivity index (χ2v) is 10.3. The molecule has 4 rings (SSSR count). The van der Waals surface area contributed by atoms with Gasteiger partial charge < -0.3 is 20.1 Å². The first kappa shape index (κ1) is 26.5. The summed E-state index contributed by atoms with van der Waals surface area (Å²) in [5.41, 5.74) is 14.2. The number of H-pyrrole nitrogens is 1. The highest BCUT2D eigenvalue weighted by molar-refractivity contribution is 7.88. The average Bonchev–Trinajstić information content (AvgIpc) is 3.22. The van der Waals surface area contributed by atoms with Crippen LogP contribution in [0.1, 0.15) is 11.1 Å². The molecule has 3 N–H and O–H groups in total. The predicted molar refractivity (Wildman–Crippen MR) is 134 cm³/mol. The van der Waals surface area contributed by atoms with E-state index in [1.807, 2.05) is 19.3 Å². The third kappa shape index (κ3) is 6.33. The van der Waals surface area contributed by atoms with Gasteiger partial charge in [0, 0.05) is 67.0 Å². The Balaban J connectivity index is 0.000000392. The number of carboxylic acid groups (broad SMARTS) is 2. The quantitative estimate of drug-likeness (QED) is 0.209. The van der Waals surface area contributed by atoms with Crippen molar-refractivity contribution < 1.29 is 28.2 Å². The largest absolute Gasteiger partial charge is 0.478 e. The van der Waals surface area contributed by atoms with Gasteiger partial charge in [0.15, 0.2) is 0 Å². The zero-order valence-corrected chi connectivity index (χ0v) is 20.5. The molecule has 2 aromatic rings. The van der Waals surface area contributed by atoms with E-state index in [4.69, 9.17) is 15.7 Å². The lowest BCUT2D eigenvalue weighted by atomic mass is 9.82. The molecule has 2 aliphatic rings. The zero-order chi connectivity index (χ0) is 26.5. The summed E-state index contributed by atoms with van der Waals surface area (Å²) in [5.74, 6) is -2.51. The van der Waals surface area contributed by atoms with Crippen molar-refractivity contribution >= 4 is 38.4 Å². The van der Waals surface area contributed by atoms with Gasteiger partial charge in [-0.1, -0.05) is 23.3 Å². The fourth-order valence-corrected chi connectivity index (χ4v) is 5.07. The second-order valence-electron chi connectivity index (χ2n) is 8.29. The van der Waals surface area contributed by atoms with Crippen LogP contribution >= 0.6 is 0 Å². The number of aromatic nitrogens is 1. The summed E-state index contributed by atoms with van der Waals surface area (Å²) >= 11 is 0. The minimum absolute atomic E-state index is 0.109. The van der Waals surface area contributed by atoms with Crippen LogP contribution in [0.2, 0.25) is 0 Å². The molecule has 0 saturated heterocycles. The average molecular weight is 515 g/mol. The number of nitrogens with one attached hydrogen (secondary N) is 1. The van der Waals surface area contributed by atoms with Crippen LogP contribution in [-0.4, -0.2) is 83.7 Å². The number of benzene rings is 1. The molecule has 1 aliphatic heterocycles. The molecule has 1 unspecified atom stereocenters. The molecule has 0 saturated carbocycles. The Bertz CT molecular complexity index is 1400. The number of sulfonamides is 1. The van der Waals surface area contributed by atoms with Crippen molar-refractivity contribution in [3.05, 3.63) is 76.0 Å². The van der Waals surface area contributed by atoms with Crippen LogP contribution in [-0.2, 0) is 26.0 Å². The minimum Gasteiger partial charge on any atom is -0.478 e. The lowest BCUT2D eigenvalue weighted by molar-refractivity contribution is -0.134. The molecule has 0 radical (unpaired) electrons. The molecule has 0 spiro atoms. The van der Waals surface area contributed by atoms with Gasteiger partial charge in [0.1, 0.15) is 0 Å². The van der Waals surface area contributed by atoms with E-state index in [0.29, 0.717) is 12.2 Å². The lowest BCUT2D eigenvalue weighted by Crippen LogP contribution is -2.38. The maximum atomic E-state index is 12.2. The number of likely N-dealkylation sites (N-methyl/N-ethyl adjacent to an activating group) is 1. The van der Waals surface area contributed by atoms with Crippen molar-refractivity contribution in [3.63, 3.8) is 0 Å². The third-order valence-corrected chi connectivity index (χ3v) is 7.03. The van der Waals surface area contributed by atoms with E-state index in [1.165, 1.54) is 32.6 Å². The minimum atomic E-state index is -3.42. The van der Waals surface area contributed by atoms with E-state index in [9.17, 15) is 18.0 Å². The van der Waals surface area contributed by atoms with Crippen molar-refractivity contribution in [2.24, 2.45) is 5.11 Å². The first-order chi connectivity index (χ1) is 17.0. The first-order valence-corrected chi connectivity index (χ1v) is 12.7. The summed E-state index contributed by atoms with van der Waals surface area (Å²) < 4.78 is 25.7. The van der Waals surface area contributed by atoms with E-state index < -0.39 is 22.0 Å². The van der Waals surface area contributed by atoms with Crippen molar-refractivity contribution in [1.29, 1.82) is 0 Å². The highest BCUT2D eigenvalue weighted by Gasteiger charge is 2.31. The lowest BCUT2D eigenvalue weighted by Gasteiger charge is -2.37. The number of carboxylic acids is 2. The fourth-order valence-electron chi connectivity index (χ4n) is 4.28. The van der Waals surface area contributed by atoms with Gasteiger partial charge in [0.05, 0.1) is 12.3 Å². The van der Waals surface area contributed by atoms with Crippen LogP contribution in [0.5, 0.6) is 0 Å². The third-order valence-electron chi connectivity index (χ3n) is 5.78. The van der Waals surface area contributed by atoms with Gasteiger partial charge >= 0.3 is 11.9 Å². The SMILES string of the molecule is CN1C=C(CN(CCN=[N+]=[N-])S(C)(=O)=O)C=C2c3cccc4[nH]cc(c34)CC21.O=C(O)/C=C\C(=O)O. The smallest absolute Gasteiger partial charge is 0.328 e. The number of rotatable bonds is 8. The highest BCUT2D eigenvalue weighted by atomic mass is 32.2. The molecule has 36 heavy (non-hydrogen) atoms. The number of fused-ring (bicyclic) bond motifs is 2. The van der Waals surface area contributed by atoms with Crippen LogP contribution in [0.4, 0.5) is 0 Å². The van der Waals surface area contributed by atoms with E-state index >= 15 is 0 Å². The Kier molecular flexibility index (Phi) is 8.20. The summed E-state index contributed by atoms with van der Waals surface area (Å²) in [7, 11) is -1.39. The summed E-state index contributed by atoms with van der Waals surface area (Å²) in [6.45, 7) is 0.516. The summed E-state index contributed by atoms with van der Waals surface area (Å²) in [4.78, 5) is 27.3. The number of azide groups is 1. The van der Waals surface area contributed by atoms with Gasteiger partial charge in [-0.3, -0.25) is 0 Å². The van der Waals surface area contributed by atoms with Gasteiger partial charge in [-0.15, -0.1) is 0 Å². The van der Waals surface area contributed by atoms with Crippen LogP contribution in [0, 0.1) is 0 Å². The molecule has 190 valence electrons. The Labute approximate surface area is 207 Å². The maximum Gasteiger partial charge on any atom is 0.328 e. The van der Waals surface area contributed by atoms with Gasteiger partial charge in [-0.25, -0.2) is 18.0 Å². The molecule has 0 fully saturated rings. The summed E-state index contributed by atoms with van der Waals surface area (Å²) in [5, 5.41) is 20.3. The molecule has 0 amide bonds. The standard InChI is InChI=1S/C19H22N6O2S.C4H4O4/c1-24-11-13(12-25(28(2,26)27)7-6-22-23-20)8-16-15-4-3-5-17-19(15)14(10-21-17)9-18(16)24;5-3(6)1-2-4(7)8/h3-5,8,10-11,18,21H,6-7,9,12H2,1-2H3;1-2H,(H,5,6)(H,7,8)/b;2-1-. The van der Waals surface area contributed by atoms with Crippen LogP contribution < -0.4 is 0 Å². The van der Waals surface area contributed by atoms with Gasteiger partial charge in [-0.2, -0.15) is 4.31 Å². The van der Waals surface area contributed by atoms with E-state index in [0.717, 1.165) is 17.5 Å². The summed E-state index contributed by atoms with van der Waals surface area (Å²) in [6.07, 6.45) is 9.41. The fraction of sp³-hybridized carbons (Fsp3) is 0.304. The van der Waals surface area contributed by atoms with Crippen LogP contribution in [0.3, 0.4) is 0 Å². The number of aliphatic carboxylic acids is 2. The monoisotopic (exact) mass is 514 g/mol. The van der Waals surface area contributed by atoms with Crippen LogP contribution in [0.25, 0.3) is 26.9 Å². The number of carbonyl (C=O) groups is 2. The van der Waals surface area contributed by atoms with Crippen molar-refractivity contribution in [2.45, 2.75) is 12.5 Å². The van der Waals surface area contributed by atoms with Crippen molar-refractivity contribution in [1.82, 2.24) is 14.2 Å². The molecule has 1 aromatic carbocycles. The molecule has 1 aromatic heterocycles. The Morgan fingerprint density at radius 3 is 2.61 bits per heavy atom. The highest BCUT2D eigenvalue weighted by Crippen LogP contribution is 2.40. The predicted octanol–water partition coefficient (Wildman–Crippen LogP) is 2.59. The topological polar surface area (TPSA) is 180 Å². The Morgan fingerprint density at radius 2 is 2.00 bits per heavy atom. The Morgan fingerprint density at radius 1 is 1.31 bits per heavy atom. The van der Waals surface area contributed by atoms with Crippen LogP contribution in [0.15, 0.2) is 59.5 Å². The number of hydrogen-bond donors (Lipinski definition) is 3. The number of nitrogens with zero attached hydrogens (tertiary/aromatic N) is 5. The molecule has 0 bridgehead atoms. The number of aromatic amines is 1.